The van der Waals surface area contributed by atoms with Crippen LogP contribution in [0.3, 0.4) is 0 Å². The van der Waals surface area contributed by atoms with Crippen LogP contribution in [0.5, 0.6) is 0 Å². The van der Waals surface area contributed by atoms with Crippen LogP contribution in [-0.4, -0.2) is 21.4 Å². The number of amides is 1. The Morgan fingerprint density at radius 2 is 1.44 bits per heavy atom. The first kappa shape index (κ1) is 20.6. The van der Waals surface area contributed by atoms with E-state index in [-0.39, 0.29) is 10.5 Å². The summed E-state index contributed by atoms with van der Waals surface area (Å²) in [4.78, 5) is 11.9. The number of aryl methyl sites for hydroxylation is 1. The zero-order valence-corrected chi connectivity index (χ0v) is 14.6. The summed E-state index contributed by atoms with van der Waals surface area (Å²) in [6.45, 7) is 1.45. The number of hydrazine groups is 1. The highest BCUT2D eigenvalue weighted by Gasteiger charge is 2.26. The lowest BCUT2D eigenvalue weighted by Crippen LogP contribution is -2.31. The van der Waals surface area contributed by atoms with Crippen molar-refractivity contribution in [2.75, 3.05) is 12.5 Å². The van der Waals surface area contributed by atoms with Gasteiger partial charge in [-0.1, -0.05) is 6.07 Å². The number of hydrogen-bond acceptors (Lipinski definition) is 4. The van der Waals surface area contributed by atoms with Crippen LogP contribution in [0, 0.1) is 36.0 Å². The van der Waals surface area contributed by atoms with Crippen molar-refractivity contribution in [3.63, 3.8) is 0 Å². The number of sulfonamides is 1. The Morgan fingerprint density at radius 3 is 1.96 bits per heavy atom. The Bertz CT molecular complexity index is 999. The molecule has 0 fully saturated rings. The third-order valence-electron chi connectivity index (χ3n) is 3.54. The van der Waals surface area contributed by atoms with Crippen LogP contribution in [0.15, 0.2) is 23.1 Å². The molecule has 6 nitrogen and oxygen atoms in total. The van der Waals surface area contributed by atoms with E-state index in [4.69, 9.17) is 0 Å². The molecule has 2 aromatic rings. The van der Waals surface area contributed by atoms with Gasteiger partial charge in [0.05, 0.1) is 4.90 Å². The van der Waals surface area contributed by atoms with Gasteiger partial charge in [-0.3, -0.25) is 15.6 Å². The highest BCUT2D eigenvalue weighted by atomic mass is 32.2. The van der Waals surface area contributed by atoms with Gasteiger partial charge >= 0.3 is 0 Å². The Labute approximate surface area is 150 Å². The molecule has 12 heteroatoms. The van der Waals surface area contributed by atoms with Gasteiger partial charge in [-0.15, -0.1) is 0 Å². The Balaban J connectivity index is 2.34. The maximum Gasteiger partial charge on any atom is 0.269 e. The molecule has 0 aromatic heterocycles. The van der Waals surface area contributed by atoms with Gasteiger partial charge in [0.1, 0.15) is 5.69 Å². The fraction of sp³-hybridized carbons (Fsp3) is 0.133. The van der Waals surface area contributed by atoms with E-state index in [1.807, 2.05) is 4.72 Å². The standard InChI is InChI=1S/C15H12F5N3O3S/c1-6-3-4-7(27(25,26)21-2)5-8(6)15(24)23-22-14-12(19)10(17)9(16)11(18)13(14)20/h3-5,21-22H,1-2H3,(H,23,24). The Hall–Kier alpha value is -2.73. The van der Waals surface area contributed by atoms with Gasteiger partial charge < -0.3 is 0 Å². The molecule has 0 atom stereocenters. The van der Waals surface area contributed by atoms with Crippen LogP contribution >= 0.6 is 0 Å². The van der Waals surface area contributed by atoms with Gasteiger partial charge in [-0.25, -0.2) is 35.1 Å². The molecule has 0 bridgehead atoms. The molecule has 0 aliphatic heterocycles. The summed E-state index contributed by atoms with van der Waals surface area (Å²) < 4.78 is 92.1. The highest BCUT2D eigenvalue weighted by Crippen LogP contribution is 2.26. The first-order valence-electron chi connectivity index (χ1n) is 7.13. The van der Waals surface area contributed by atoms with Crippen molar-refractivity contribution in [1.82, 2.24) is 10.1 Å². The predicted molar refractivity (Wildman–Crippen MR) is 84.7 cm³/mol. The molecule has 0 saturated carbocycles. The van der Waals surface area contributed by atoms with Crippen molar-refractivity contribution in [2.24, 2.45) is 0 Å². The first-order valence-corrected chi connectivity index (χ1v) is 8.61. The summed E-state index contributed by atoms with van der Waals surface area (Å²) >= 11 is 0. The Morgan fingerprint density at radius 1 is 0.926 bits per heavy atom. The van der Waals surface area contributed by atoms with Crippen LogP contribution in [0.1, 0.15) is 15.9 Å². The molecule has 2 rings (SSSR count). The van der Waals surface area contributed by atoms with Crippen molar-refractivity contribution in [3.05, 3.63) is 58.4 Å². The molecule has 0 radical (unpaired) electrons. The van der Waals surface area contributed by atoms with Gasteiger partial charge in [0.15, 0.2) is 23.3 Å². The molecule has 0 heterocycles. The fourth-order valence-corrected chi connectivity index (χ4v) is 2.79. The number of benzene rings is 2. The number of carbonyl (C=O) groups excluding carboxylic acids is 1. The van der Waals surface area contributed by atoms with Crippen LogP contribution < -0.4 is 15.6 Å². The van der Waals surface area contributed by atoms with Crippen molar-refractivity contribution >= 4 is 21.6 Å². The molecular weight excluding hydrogens is 397 g/mol. The molecular formula is C15H12F5N3O3S. The number of halogens is 5. The molecule has 27 heavy (non-hydrogen) atoms. The molecule has 0 spiro atoms. The van der Waals surface area contributed by atoms with Crippen LogP contribution in [0.2, 0.25) is 0 Å². The molecule has 0 aliphatic carbocycles. The van der Waals surface area contributed by atoms with E-state index < -0.39 is 50.7 Å². The van der Waals surface area contributed by atoms with Gasteiger partial charge in [0, 0.05) is 5.56 Å². The number of hydrogen-bond donors (Lipinski definition) is 3. The second-order valence-corrected chi connectivity index (χ2v) is 7.09. The summed E-state index contributed by atoms with van der Waals surface area (Å²) in [5.41, 5.74) is 2.02. The molecule has 0 saturated heterocycles. The molecule has 146 valence electrons. The van der Waals surface area contributed by atoms with Crippen molar-refractivity contribution in [3.8, 4) is 0 Å². The lowest BCUT2D eigenvalue weighted by molar-refractivity contribution is 0.0961. The summed E-state index contributed by atoms with van der Waals surface area (Å²) in [6, 6.07) is 3.50. The van der Waals surface area contributed by atoms with Crippen molar-refractivity contribution in [2.45, 2.75) is 11.8 Å². The van der Waals surface area contributed by atoms with Crippen LogP contribution in [0.4, 0.5) is 27.6 Å². The van der Waals surface area contributed by atoms with Crippen LogP contribution in [-0.2, 0) is 10.0 Å². The van der Waals surface area contributed by atoms with E-state index in [0.29, 0.717) is 5.56 Å². The van der Waals surface area contributed by atoms with E-state index in [0.717, 1.165) is 13.1 Å². The van der Waals surface area contributed by atoms with E-state index >= 15 is 0 Å². The Kier molecular flexibility index (Phi) is 5.70. The summed E-state index contributed by atoms with van der Waals surface area (Å²) in [7, 11) is -2.73. The molecule has 3 N–H and O–H groups in total. The topological polar surface area (TPSA) is 87.3 Å². The van der Waals surface area contributed by atoms with Gasteiger partial charge in [-0.2, -0.15) is 0 Å². The minimum absolute atomic E-state index is 0.206. The minimum Gasteiger partial charge on any atom is -0.293 e. The van der Waals surface area contributed by atoms with Crippen LogP contribution in [0.25, 0.3) is 0 Å². The maximum absolute atomic E-state index is 13.6. The molecule has 0 unspecified atom stereocenters. The largest absolute Gasteiger partial charge is 0.293 e. The van der Waals surface area contributed by atoms with E-state index in [1.54, 1.807) is 10.9 Å². The zero-order chi connectivity index (χ0) is 20.5. The number of nitrogens with one attached hydrogen (secondary N) is 3. The summed E-state index contributed by atoms with van der Waals surface area (Å²) in [5.74, 6) is -12.1. The quantitative estimate of drug-likeness (QED) is 0.306. The second kappa shape index (κ2) is 7.48. The smallest absolute Gasteiger partial charge is 0.269 e. The third kappa shape index (κ3) is 3.85. The number of rotatable bonds is 5. The fourth-order valence-electron chi connectivity index (χ4n) is 2.03. The summed E-state index contributed by atoms with van der Waals surface area (Å²) in [6.07, 6.45) is 0. The van der Waals surface area contributed by atoms with Gasteiger partial charge in [0.25, 0.3) is 5.91 Å². The highest BCUT2D eigenvalue weighted by molar-refractivity contribution is 7.89. The van der Waals surface area contributed by atoms with E-state index in [2.05, 4.69) is 0 Å². The molecule has 2 aromatic carbocycles. The average Bonchev–Trinajstić information content (AvgIpc) is 2.64. The summed E-state index contributed by atoms with van der Waals surface area (Å²) in [5, 5.41) is 0. The SMILES string of the molecule is CNS(=O)(=O)c1ccc(C)c(C(=O)NNc2c(F)c(F)c(F)c(F)c2F)c1. The zero-order valence-electron chi connectivity index (χ0n) is 13.8. The second-order valence-electron chi connectivity index (χ2n) is 5.21. The molecule has 0 aliphatic rings. The number of carbonyl (C=O) groups is 1. The average molecular weight is 409 g/mol. The van der Waals surface area contributed by atoms with Crippen molar-refractivity contribution < 1.29 is 35.2 Å². The van der Waals surface area contributed by atoms with Crippen molar-refractivity contribution in [1.29, 1.82) is 0 Å². The lowest BCUT2D eigenvalue weighted by atomic mass is 10.1. The van der Waals surface area contributed by atoms with E-state index in [1.165, 1.54) is 19.1 Å². The predicted octanol–water partition coefficient (Wildman–Crippen LogP) is 2.36. The number of anilines is 1. The lowest BCUT2D eigenvalue weighted by Gasteiger charge is -2.13. The third-order valence-corrected chi connectivity index (χ3v) is 4.96. The van der Waals surface area contributed by atoms with E-state index in [9.17, 15) is 35.2 Å². The molecule has 1 amide bonds. The monoisotopic (exact) mass is 409 g/mol. The minimum atomic E-state index is -3.88. The van der Waals surface area contributed by atoms with Gasteiger partial charge in [-0.05, 0) is 31.7 Å². The van der Waals surface area contributed by atoms with Gasteiger partial charge in [0.2, 0.25) is 15.8 Å². The normalized spacial score (nSPS) is 11.4. The maximum atomic E-state index is 13.6. The first-order chi connectivity index (χ1) is 12.5.